The molecule has 0 spiro atoms. The molecule has 4 aliphatic rings. The number of aromatic nitrogens is 1. The Balaban J connectivity index is 1.25. The minimum atomic E-state index is -0.301. The van der Waals surface area contributed by atoms with E-state index in [1.54, 1.807) is 19.4 Å². The summed E-state index contributed by atoms with van der Waals surface area (Å²) in [5, 5.41) is 4.25. The van der Waals surface area contributed by atoms with Gasteiger partial charge in [-0.25, -0.2) is 4.79 Å². The quantitative estimate of drug-likeness (QED) is 0.453. The van der Waals surface area contributed by atoms with E-state index in [1.807, 2.05) is 12.1 Å². The van der Waals surface area contributed by atoms with Crippen LogP contribution in [0.15, 0.2) is 24.5 Å². The smallest absolute Gasteiger partial charge is 0.332 e. The van der Waals surface area contributed by atoms with Crippen molar-refractivity contribution in [2.75, 3.05) is 20.1 Å². The largest absolute Gasteiger partial charge is 0.338 e. The molecule has 170 valence electrons. The van der Waals surface area contributed by atoms with Gasteiger partial charge in [0.25, 0.3) is 5.91 Å². The lowest BCUT2D eigenvalue weighted by molar-refractivity contribution is -0.200. The van der Waals surface area contributed by atoms with Gasteiger partial charge in [0.2, 0.25) is 0 Å². The predicted molar refractivity (Wildman–Crippen MR) is 119 cm³/mol. The lowest BCUT2D eigenvalue weighted by Crippen LogP contribution is -2.48. The van der Waals surface area contributed by atoms with Crippen molar-refractivity contribution in [1.82, 2.24) is 15.4 Å². The highest BCUT2D eigenvalue weighted by Crippen LogP contribution is 2.61. The second-order valence-electron chi connectivity index (χ2n) is 10.2. The zero-order valence-corrected chi connectivity index (χ0v) is 18.9. The standard InChI is InChI=1S/C25H37N3O3/c1-26-18-23(29)28(31-24(30)5-3-2-4-19-6-9-27-10-7-19)11-8-25-15-20-12-21(16-25)14-22(13-20)17-25/h6-7,9-10,20-22,26H,2-5,8,11-18H2,1H3. The molecule has 4 aliphatic carbocycles. The summed E-state index contributed by atoms with van der Waals surface area (Å²) in [5.41, 5.74) is 1.59. The summed E-state index contributed by atoms with van der Waals surface area (Å²) in [6, 6.07) is 4.00. The molecule has 6 heteroatoms. The zero-order chi connectivity index (χ0) is 21.7. The Morgan fingerprint density at radius 1 is 1.10 bits per heavy atom. The number of hydrogen-bond acceptors (Lipinski definition) is 5. The number of nitrogens with one attached hydrogen (secondary N) is 1. The fraction of sp³-hybridized carbons (Fsp3) is 0.720. The number of carbonyl (C=O) groups is 2. The maximum atomic E-state index is 12.6. The molecule has 1 N–H and O–H groups in total. The van der Waals surface area contributed by atoms with Crippen molar-refractivity contribution >= 4 is 11.9 Å². The second-order valence-corrected chi connectivity index (χ2v) is 10.2. The summed E-state index contributed by atoms with van der Waals surface area (Å²) >= 11 is 0. The van der Waals surface area contributed by atoms with Crippen LogP contribution in [0.1, 0.15) is 69.8 Å². The van der Waals surface area contributed by atoms with Crippen molar-refractivity contribution in [2.24, 2.45) is 23.2 Å². The van der Waals surface area contributed by atoms with Crippen LogP contribution in [0, 0.1) is 23.2 Å². The molecule has 0 saturated heterocycles. The number of unbranched alkanes of at least 4 members (excludes halogenated alkanes) is 1. The van der Waals surface area contributed by atoms with Crippen molar-refractivity contribution in [3.05, 3.63) is 30.1 Å². The Hall–Kier alpha value is -1.95. The van der Waals surface area contributed by atoms with Gasteiger partial charge in [0.15, 0.2) is 0 Å². The number of aryl methyl sites for hydroxylation is 1. The van der Waals surface area contributed by atoms with E-state index in [9.17, 15) is 9.59 Å². The minimum Gasteiger partial charge on any atom is -0.338 e. The van der Waals surface area contributed by atoms with E-state index >= 15 is 0 Å². The van der Waals surface area contributed by atoms with Crippen LogP contribution < -0.4 is 5.32 Å². The van der Waals surface area contributed by atoms with Gasteiger partial charge < -0.3 is 10.2 Å². The van der Waals surface area contributed by atoms with Crippen LogP contribution >= 0.6 is 0 Å². The third kappa shape index (κ3) is 5.85. The number of nitrogens with zero attached hydrogens (tertiary/aromatic N) is 2. The summed E-state index contributed by atoms with van der Waals surface area (Å²) in [5.74, 6) is 2.20. The van der Waals surface area contributed by atoms with Gasteiger partial charge in [0.05, 0.1) is 13.1 Å². The van der Waals surface area contributed by atoms with Gasteiger partial charge in [-0.05, 0) is 112 Å². The number of amides is 1. The molecule has 0 radical (unpaired) electrons. The van der Waals surface area contributed by atoms with Crippen molar-refractivity contribution in [1.29, 1.82) is 0 Å². The Kier molecular flexibility index (Phi) is 7.26. The van der Waals surface area contributed by atoms with E-state index in [0.29, 0.717) is 18.4 Å². The number of pyridine rings is 1. The number of carbonyl (C=O) groups excluding carboxylic acids is 2. The Bertz CT molecular complexity index is 716. The highest BCUT2D eigenvalue weighted by Gasteiger charge is 2.50. The number of rotatable bonds is 10. The summed E-state index contributed by atoms with van der Waals surface area (Å²) in [7, 11) is 1.75. The van der Waals surface area contributed by atoms with Crippen LogP contribution in [-0.4, -0.2) is 42.1 Å². The van der Waals surface area contributed by atoms with Gasteiger partial charge in [-0.15, -0.1) is 0 Å². The van der Waals surface area contributed by atoms with Gasteiger partial charge in [-0.1, -0.05) is 0 Å². The first kappa shape index (κ1) is 22.3. The highest BCUT2D eigenvalue weighted by molar-refractivity contribution is 5.79. The van der Waals surface area contributed by atoms with Gasteiger partial charge in [-0.2, -0.15) is 5.06 Å². The SMILES string of the molecule is CNCC(=O)N(CCC12CC3CC(CC(C3)C1)C2)OC(=O)CCCCc1ccncc1. The minimum absolute atomic E-state index is 0.155. The summed E-state index contributed by atoms with van der Waals surface area (Å²) in [6.45, 7) is 0.714. The average molecular weight is 428 g/mol. The van der Waals surface area contributed by atoms with Crippen LogP contribution in [0.3, 0.4) is 0 Å². The second kappa shape index (κ2) is 10.1. The molecular formula is C25H37N3O3. The lowest BCUT2D eigenvalue weighted by atomic mass is 9.49. The maximum absolute atomic E-state index is 12.6. The van der Waals surface area contributed by atoms with Crippen molar-refractivity contribution in [2.45, 2.75) is 70.6 Å². The summed E-state index contributed by atoms with van der Waals surface area (Å²) in [4.78, 5) is 34.6. The van der Waals surface area contributed by atoms with Crippen molar-refractivity contribution in [3.8, 4) is 0 Å². The van der Waals surface area contributed by atoms with Gasteiger partial charge in [0.1, 0.15) is 0 Å². The number of hydrogen-bond donors (Lipinski definition) is 1. The van der Waals surface area contributed by atoms with E-state index < -0.39 is 0 Å². The number of likely N-dealkylation sites (N-methyl/N-ethyl adjacent to an activating group) is 1. The van der Waals surface area contributed by atoms with Crippen molar-refractivity contribution < 1.29 is 14.4 Å². The molecule has 1 amide bonds. The molecule has 0 atom stereocenters. The average Bonchev–Trinajstić information content (AvgIpc) is 2.74. The first-order valence-corrected chi connectivity index (χ1v) is 12.1. The van der Waals surface area contributed by atoms with Crippen LogP contribution in [0.4, 0.5) is 0 Å². The third-order valence-corrected chi connectivity index (χ3v) is 7.67. The summed E-state index contributed by atoms with van der Waals surface area (Å²) in [6.07, 6.45) is 15.6. The van der Waals surface area contributed by atoms with E-state index in [-0.39, 0.29) is 18.4 Å². The van der Waals surface area contributed by atoms with E-state index in [2.05, 4.69) is 10.3 Å². The molecule has 31 heavy (non-hydrogen) atoms. The van der Waals surface area contributed by atoms with Crippen LogP contribution in [0.2, 0.25) is 0 Å². The molecule has 1 aromatic rings. The molecular weight excluding hydrogens is 390 g/mol. The molecule has 0 unspecified atom stereocenters. The van der Waals surface area contributed by atoms with E-state index in [4.69, 9.17) is 4.84 Å². The monoisotopic (exact) mass is 427 g/mol. The Morgan fingerprint density at radius 3 is 2.35 bits per heavy atom. The fourth-order valence-electron chi connectivity index (χ4n) is 6.71. The molecule has 4 saturated carbocycles. The normalized spacial score (nSPS) is 28.5. The van der Waals surface area contributed by atoms with Crippen molar-refractivity contribution in [3.63, 3.8) is 0 Å². The van der Waals surface area contributed by atoms with Crippen LogP contribution in [0.25, 0.3) is 0 Å². The third-order valence-electron chi connectivity index (χ3n) is 7.67. The predicted octanol–water partition coefficient (Wildman–Crippen LogP) is 3.91. The van der Waals surface area contributed by atoms with Crippen LogP contribution in [-0.2, 0) is 20.8 Å². The molecule has 1 heterocycles. The fourth-order valence-corrected chi connectivity index (χ4v) is 6.71. The molecule has 6 nitrogen and oxygen atoms in total. The summed E-state index contributed by atoms with van der Waals surface area (Å²) < 4.78 is 0. The topological polar surface area (TPSA) is 71.5 Å². The highest BCUT2D eigenvalue weighted by atomic mass is 16.7. The zero-order valence-electron chi connectivity index (χ0n) is 18.9. The molecule has 0 aliphatic heterocycles. The first-order chi connectivity index (χ1) is 15.0. The number of hydroxylamine groups is 2. The molecule has 4 bridgehead atoms. The van der Waals surface area contributed by atoms with Gasteiger partial charge >= 0.3 is 5.97 Å². The van der Waals surface area contributed by atoms with Gasteiger partial charge in [0, 0.05) is 18.8 Å². The molecule has 1 aromatic heterocycles. The maximum Gasteiger partial charge on any atom is 0.332 e. The molecule has 4 fully saturated rings. The Labute approximate surface area is 186 Å². The van der Waals surface area contributed by atoms with Crippen LogP contribution in [0.5, 0.6) is 0 Å². The molecule has 0 aromatic carbocycles. The van der Waals surface area contributed by atoms with Gasteiger partial charge in [-0.3, -0.25) is 9.78 Å². The Morgan fingerprint density at radius 2 is 1.74 bits per heavy atom. The first-order valence-electron chi connectivity index (χ1n) is 12.1. The molecule has 5 rings (SSSR count). The van der Waals surface area contributed by atoms with E-state index in [1.165, 1.54) is 49.2 Å². The lowest BCUT2D eigenvalue weighted by Gasteiger charge is -2.57. The van der Waals surface area contributed by atoms with E-state index in [0.717, 1.165) is 43.4 Å².